The van der Waals surface area contributed by atoms with Crippen molar-refractivity contribution in [3.8, 4) is 0 Å². The summed E-state index contributed by atoms with van der Waals surface area (Å²) in [6, 6.07) is 0. The molecule has 0 radical (unpaired) electrons. The summed E-state index contributed by atoms with van der Waals surface area (Å²) in [7, 11) is 1.74. The fraction of sp³-hybridized carbons (Fsp3) is 0.909. The summed E-state index contributed by atoms with van der Waals surface area (Å²) in [6.45, 7) is 4.97. The van der Waals surface area contributed by atoms with Gasteiger partial charge in [0.1, 0.15) is 0 Å². The van der Waals surface area contributed by atoms with E-state index in [1.165, 1.54) is 0 Å². The first-order valence-corrected chi connectivity index (χ1v) is 5.45. The first kappa shape index (κ1) is 12.5. The van der Waals surface area contributed by atoms with Gasteiger partial charge in [0.15, 0.2) is 0 Å². The summed E-state index contributed by atoms with van der Waals surface area (Å²) in [6.07, 6.45) is 1.84. The number of hydrogen-bond acceptors (Lipinski definition) is 3. The second kappa shape index (κ2) is 4.94. The molecular weight excluding hydrogens is 194 g/mol. The quantitative estimate of drug-likeness (QED) is 0.751. The van der Waals surface area contributed by atoms with Crippen molar-refractivity contribution in [3.63, 3.8) is 0 Å². The zero-order valence-corrected chi connectivity index (χ0v) is 9.82. The van der Waals surface area contributed by atoms with Crippen LogP contribution in [0.1, 0.15) is 26.7 Å². The Morgan fingerprint density at radius 1 is 1.60 bits per heavy atom. The highest BCUT2D eigenvalue weighted by Crippen LogP contribution is 2.20. The van der Waals surface area contributed by atoms with Gasteiger partial charge in [-0.3, -0.25) is 4.79 Å². The van der Waals surface area contributed by atoms with Crippen molar-refractivity contribution in [1.82, 2.24) is 4.90 Å². The maximum absolute atomic E-state index is 12.0. The SMILES string of the molecule is CN(C(=O)C1CCCOC1)C(C)(C)CO. The fourth-order valence-corrected chi connectivity index (χ4v) is 1.61. The van der Waals surface area contributed by atoms with Crippen LogP contribution in [0.25, 0.3) is 0 Å². The minimum atomic E-state index is -0.492. The van der Waals surface area contributed by atoms with Crippen LogP contribution in [-0.4, -0.2) is 48.3 Å². The maximum Gasteiger partial charge on any atom is 0.228 e. The lowest BCUT2D eigenvalue weighted by atomic mass is 9.97. The normalized spacial score (nSPS) is 22.5. The zero-order chi connectivity index (χ0) is 11.5. The lowest BCUT2D eigenvalue weighted by molar-refractivity contribution is -0.144. The number of hydrogen-bond donors (Lipinski definition) is 1. The molecule has 0 aromatic heterocycles. The van der Waals surface area contributed by atoms with E-state index in [0.29, 0.717) is 6.61 Å². The van der Waals surface area contributed by atoms with E-state index in [9.17, 15) is 9.90 Å². The number of likely N-dealkylation sites (N-methyl/N-ethyl adjacent to an activating group) is 1. The van der Waals surface area contributed by atoms with Gasteiger partial charge < -0.3 is 14.7 Å². The Morgan fingerprint density at radius 3 is 2.73 bits per heavy atom. The van der Waals surface area contributed by atoms with Gasteiger partial charge >= 0.3 is 0 Å². The third-order valence-electron chi connectivity index (χ3n) is 3.14. The molecule has 1 aliphatic heterocycles. The van der Waals surface area contributed by atoms with Gasteiger partial charge in [0.25, 0.3) is 0 Å². The van der Waals surface area contributed by atoms with Crippen LogP contribution in [0.5, 0.6) is 0 Å². The van der Waals surface area contributed by atoms with Gasteiger partial charge in [-0.15, -0.1) is 0 Å². The molecule has 0 saturated carbocycles. The molecule has 0 spiro atoms. The van der Waals surface area contributed by atoms with Crippen molar-refractivity contribution in [2.75, 3.05) is 26.9 Å². The molecule has 4 nitrogen and oxygen atoms in total. The van der Waals surface area contributed by atoms with Crippen LogP contribution in [-0.2, 0) is 9.53 Å². The molecule has 1 aliphatic rings. The second-order valence-electron chi connectivity index (χ2n) is 4.78. The summed E-state index contributed by atoms with van der Waals surface area (Å²) in [4.78, 5) is 13.7. The van der Waals surface area contributed by atoms with Crippen molar-refractivity contribution in [3.05, 3.63) is 0 Å². The van der Waals surface area contributed by atoms with Gasteiger partial charge in [0, 0.05) is 13.7 Å². The number of carbonyl (C=O) groups excluding carboxylic acids is 1. The Balaban J connectivity index is 2.58. The average Bonchev–Trinajstić information content (AvgIpc) is 2.28. The number of amides is 1. The average molecular weight is 215 g/mol. The van der Waals surface area contributed by atoms with Gasteiger partial charge in [-0.25, -0.2) is 0 Å². The molecular formula is C11H21NO3. The Morgan fingerprint density at radius 2 is 2.27 bits per heavy atom. The van der Waals surface area contributed by atoms with Crippen molar-refractivity contribution in [2.45, 2.75) is 32.2 Å². The highest BCUT2D eigenvalue weighted by molar-refractivity contribution is 5.79. The van der Waals surface area contributed by atoms with Crippen LogP contribution in [0.4, 0.5) is 0 Å². The minimum Gasteiger partial charge on any atom is -0.394 e. The highest BCUT2D eigenvalue weighted by atomic mass is 16.5. The van der Waals surface area contributed by atoms with Gasteiger partial charge in [-0.05, 0) is 26.7 Å². The molecule has 88 valence electrons. The molecule has 4 heteroatoms. The number of ether oxygens (including phenoxy) is 1. The van der Waals surface area contributed by atoms with E-state index in [2.05, 4.69) is 0 Å². The van der Waals surface area contributed by atoms with Crippen LogP contribution < -0.4 is 0 Å². The Bertz CT molecular complexity index is 222. The number of carbonyl (C=O) groups is 1. The molecule has 0 aliphatic carbocycles. The van der Waals surface area contributed by atoms with E-state index in [0.717, 1.165) is 19.4 Å². The number of aliphatic hydroxyl groups is 1. The van der Waals surface area contributed by atoms with Gasteiger partial charge in [-0.1, -0.05) is 0 Å². The Kier molecular flexibility index (Phi) is 4.11. The second-order valence-corrected chi connectivity index (χ2v) is 4.78. The topological polar surface area (TPSA) is 49.8 Å². The van der Waals surface area contributed by atoms with E-state index in [4.69, 9.17) is 4.74 Å². The lowest BCUT2D eigenvalue weighted by Gasteiger charge is -2.37. The predicted molar refractivity (Wildman–Crippen MR) is 57.5 cm³/mol. The fourth-order valence-electron chi connectivity index (χ4n) is 1.61. The predicted octanol–water partition coefficient (Wildman–Crippen LogP) is 0.642. The minimum absolute atomic E-state index is 0.0250. The van der Waals surface area contributed by atoms with E-state index in [1.54, 1.807) is 11.9 Å². The molecule has 0 bridgehead atoms. The summed E-state index contributed by atoms with van der Waals surface area (Å²) in [5.74, 6) is 0.0447. The van der Waals surface area contributed by atoms with E-state index in [-0.39, 0.29) is 18.4 Å². The first-order valence-electron chi connectivity index (χ1n) is 5.45. The van der Waals surface area contributed by atoms with Crippen molar-refractivity contribution in [1.29, 1.82) is 0 Å². The molecule has 1 atom stereocenters. The van der Waals surface area contributed by atoms with Crippen molar-refractivity contribution < 1.29 is 14.6 Å². The summed E-state index contributed by atoms with van der Waals surface area (Å²) >= 11 is 0. The molecule has 1 saturated heterocycles. The van der Waals surface area contributed by atoms with Gasteiger partial charge in [-0.2, -0.15) is 0 Å². The third kappa shape index (κ3) is 2.92. The smallest absolute Gasteiger partial charge is 0.228 e. The molecule has 15 heavy (non-hydrogen) atoms. The van der Waals surface area contributed by atoms with Crippen LogP contribution in [0.2, 0.25) is 0 Å². The monoisotopic (exact) mass is 215 g/mol. The summed E-state index contributed by atoms with van der Waals surface area (Å²) < 4.78 is 5.29. The van der Waals surface area contributed by atoms with Crippen LogP contribution in [0.15, 0.2) is 0 Å². The highest BCUT2D eigenvalue weighted by Gasteiger charge is 2.32. The molecule has 1 unspecified atom stereocenters. The van der Waals surface area contributed by atoms with Crippen LogP contribution >= 0.6 is 0 Å². The zero-order valence-electron chi connectivity index (χ0n) is 9.82. The van der Waals surface area contributed by atoms with Crippen molar-refractivity contribution in [2.24, 2.45) is 5.92 Å². The van der Waals surface area contributed by atoms with Crippen LogP contribution in [0.3, 0.4) is 0 Å². The standard InChI is InChI=1S/C11H21NO3/c1-11(2,8-13)12(3)10(14)9-5-4-6-15-7-9/h9,13H,4-8H2,1-3H3. The molecule has 1 fully saturated rings. The van der Waals surface area contributed by atoms with Gasteiger partial charge in [0.2, 0.25) is 5.91 Å². The lowest BCUT2D eigenvalue weighted by Crippen LogP contribution is -2.50. The molecule has 0 aromatic carbocycles. The van der Waals surface area contributed by atoms with Crippen molar-refractivity contribution >= 4 is 5.91 Å². The molecule has 1 rings (SSSR count). The molecule has 0 aromatic rings. The van der Waals surface area contributed by atoms with E-state index < -0.39 is 5.54 Å². The molecule has 1 heterocycles. The van der Waals surface area contributed by atoms with E-state index >= 15 is 0 Å². The van der Waals surface area contributed by atoms with E-state index in [1.807, 2.05) is 13.8 Å². The Labute approximate surface area is 91.2 Å². The third-order valence-corrected chi connectivity index (χ3v) is 3.14. The Hall–Kier alpha value is -0.610. The number of rotatable bonds is 3. The maximum atomic E-state index is 12.0. The summed E-state index contributed by atoms with van der Waals surface area (Å²) in [5.41, 5.74) is -0.492. The van der Waals surface area contributed by atoms with Crippen LogP contribution in [0, 0.1) is 5.92 Å². The largest absolute Gasteiger partial charge is 0.394 e. The molecule has 1 N–H and O–H groups in total. The molecule has 1 amide bonds. The summed E-state index contributed by atoms with van der Waals surface area (Å²) in [5, 5.41) is 9.19. The van der Waals surface area contributed by atoms with Gasteiger partial charge in [0.05, 0.1) is 24.7 Å². The number of nitrogens with zero attached hydrogens (tertiary/aromatic N) is 1. The first-order chi connectivity index (χ1) is 6.99. The number of aliphatic hydroxyl groups excluding tert-OH is 1.